The first-order valence-corrected chi connectivity index (χ1v) is 9.67. The Balaban J connectivity index is 2.33. The van der Waals surface area contributed by atoms with E-state index in [0.717, 1.165) is 0 Å². The molecular formula is C20H19FN2O4S. The van der Waals surface area contributed by atoms with E-state index < -0.39 is 29.6 Å². The highest BCUT2D eigenvalue weighted by molar-refractivity contribution is 7.98. The van der Waals surface area contributed by atoms with Gasteiger partial charge in [-0.25, -0.2) is 9.18 Å². The van der Waals surface area contributed by atoms with Crippen molar-refractivity contribution >= 4 is 35.6 Å². The highest BCUT2D eigenvalue weighted by Gasteiger charge is 2.23. The molecule has 0 radical (unpaired) electrons. The predicted octanol–water partition coefficient (Wildman–Crippen LogP) is 2.53. The van der Waals surface area contributed by atoms with Crippen LogP contribution in [0.15, 0.2) is 60.3 Å². The summed E-state index contributed by atoms with van der Waals surface area (Å²) in [7, 11) is 0. The van der Waals surface area contributed by atoms with Crippen LogP contribution in [0.4, 0.5) is 4.39 Å². The number of hydrogen-bond donors (Lipinski definition) is 3. The number of halogens is 1. The first-order chi connectivity index (χ1) is 13.4. The number of carboxylic acid groups (broad SMARTS) is 1. The quantitative estimate of drug-likeness (QED) is 0.590. The molecule has 28 heavy (non-hydrogen) atoms. The first kappa shape index (κ1) is 21.2. The molecule has 8 heteroatoms. The normalized spacial score (nSPS) is 12.1. The van der Waals surface area contributed by atoms with Gasteiger partial charge in [-0.1, -0.05) is 36.4 Å². The molecule has 0 aliphatic rings. The Labute approximate surface area is 165 Å². The predicted molar refractivity (Wildman–Crippen MR) is 106 cm³/mol. The molecule has 0 aliphatic heterocycles. The fourth-order valence-electron chi connectivity index (χ4n) is 2.27. The molecule has 0 spiro atoms. The van der Waals surface area contributed by atoms with E-state index in [2.05, 4.69) is 10.6 Å². The van der Waals surface area contributed by atoms with Crippen molar-refractivity contribution in [3.8, 4) is 0 Å². The topological polar surface area (TPSA) is 95.5 Å². The van der Waals surface area contributed by atoms with Crippen LogP contribution >= 0.6 is 11.8 Å². The van der Waals surface area contributed by atoms with E-state index in [1.54, 1.807) is 42.7 Å². The second kappa shape index (κ2) is 10.3. The highest BCUT2D eigenvalue weighted by atomic mass is 32.2. The number of carbonyl (C=O) groups excluding carboxylic acids is 2. The summed E-state index contributed by atoms with van der Waals surface area (Å²) in [6.07, 6.45) is 2.87. The smallest absolute Gasteiger partial charge is 0.327 e. The summed E-state index contributed by atoms with van der Waals surface area (Å²) in [6.45, 7) is 0. The largest absolute Gasteiger partial charge is 0.480 e. The van der Waals surface area contributed by atoms with E-state index in [1.165, 1.54) is 36.0 Å². The van der Waals surface area contributed by atoms with Crippen molar-refractivity contribution in [1.82, 2.24) is 10.6 Å². The lowest BCUT2D eigenvalue weighted by atomic mass is 10.1. The van der Waals surface area contributed by atoms with Gasteiger partial charge >= 0.3 is 5.97 Å². The maximum Gasteiger partial charge on any atom is 0.327 e. The number of aliphatic carboxylic acids is 1. The Morgan fingerprint density at radius 2 is 1.75 bits per heavy atom. The zero-order valence-electron chi connectivity index (χ0n) is 15.0. The average Bonchev–Trinajstić information content (AvgIpc) is 2.69. The van der Waals surface area contributed by atoms with Crippen molar-refractivity contribution < 1.29 is 23.9 Å². The second-order valence-corrected chi connectivity index (χ2v) is 6.63. The second-order valence-electron chi connectivity index (χ2n) is 5.72. The van der Waals surface area contributed by atoms with Crippen molar-refractivity contribution in [3.05, 3.63) is 77.2 Å². The minimum Gasteiger partial charge on any atom is -0.480 e. The van der Waals surface area contributed by atoms with E-state index in [9.17, 15) is 23.9 Å². The standard InChI is InChI=1S/C20H19FN2O4S/c1-28-12-17(20(26)27)23-19(25)16(11-14-9-5-6-10-15(14)21)22-18(24)13-7-3-2-4-8-13/h2-11,17H,12H2,1H3,(H,22,24)(H,23,25)(H,26,27)/b16-11+/t17-/m0/s1. The minimum atomic E-state index is -1.21. The van der Waals surface area contributed by atoms with Gasteiger partial charge in [0.15, 0.2) is 0 Å². The number of nitrogens with one attached hydrogen (secondary N) is 2. The summed E-state index contributed by atoms with van der Waals surface area (Å²) in [4.78, 5) is 36.4. The van der Waals surface area contributed by atoms with Gasteiger partial charge in [-0.3, -0.25) is 9.59 Å². The van der Waals surface area contributed by atoms with Crippen LogP contribution in [0.2, 0.25) is 0 Å². The molecular weight excluding hydrogens is 383 g/mol. The summed E-state index contributed by atoms with van der Waals surface area (Å²) < 4.78 is 14.0. The number of rotatable bonds is 8. The summed E-state index contributed by atoms with van der Waals surface area (Å²) in [5.74, 6) is -3.05. The molecule has 2 amide bonds. The molecule has 0 bridgehead atoms. The van der Waals surface area contributed by atoms with Gasteiger partial charge in [-0.05, 0) is 30.5 Å². The van der Waals surface area contributed by atoms with Gasteiger partial charge in [0.2, 0.25) is 0 Å². The van der Waals surface area contributed by atoms with Crippen LogP contribution in [-0.2, 0) is 9.59 Å². The number of carboxylic acids is 1. The van der Waals surface area contributed by atoms with Gasteiger partial charge < -0.3 is 15.7 Å². The lowest BCUT2D eigenvalue weighted by Gasteiger charge is -2.16. The summed E-state index contributed by atoms with van der Waals surface area (Å²) in [5.41, 5.74) is 0.123. The van der Waals surface area contributed by atoms with E-state index in [1.807, 2.05) is 0 Å². The zero-order valence-corrected chi connectivity index (χ0v) is 15.8. The summed E-state index contributed by atoms with van der Waals surface area (Å²) >= 11 is 1.25. The van der Waals surface area contributed by atoms with Crippen LogP contribution in [0.3, 0.4) is 0 Å². The minimum absolute atomic E-state index is 0.0813. The SMILES string of the molecule is CSC[C@H](NC(=O)/C(=C\c1ccccc1F)NC(=O)c1ccccc1)C(=O)O. The van der Waals surface area contributed by atoms with Gasteiger partial charge in [0.25, 0.3) is 11.8 Å². The molecule has 0 saturated heterocycles. The lowest BCUT2D eigenvalue weighted by Crippen LogP contribution is -2.45. The third kappa shape index (κ3) is 5.95. The molecule has 146 valence electrons. The van der Waals surface area contributed by atoms with Crippen molar-refractivity contribution in [1.29, 1.82) is 0 Å². The molecule has 0 aromatic heterocycles. The summed E-state index contributed by atoms with van der Waals surface area (Å²) in [5, 5.41) is 14.0. The first-order valence-electron chi connectivity index (χ1n) is 8.27. The van der Waals surface area contributed by atoms with Crippen molar-refractivity contribution in [3.63, 3.8) is 0 Å². The Morgan fingerprint density at radius 1 is 1.11 bits per heavy atom. The number of hydrogen-bond acceptors (Lipinski definition) is 4. The average molecular weight is 402 g/mol. The van der Waals surface area contributed by atoms with Crippen LogP contribution in [0.5, 0.6) is 0 Å². The molecule has 0 aliphatic carbocycles. The van der Waals surface area contributed by atoms with E-state index in [4.69, 9.17) is 0 Å². The molecule has 6 nitrogen and oxygen atoms in total. The Hall–Kier alpha value is -3.13. The monoisotopic (exact) mass is 402 g/mol. The van der Waals surface area contributed by atoms with E-state index >= 15 is 0 Å². The number of carbonyl (C=O) groups is 3. The van der Waals surface area contributed by atoms with Crippen LogP contribution in [0.25, 0.3) is 6.08 Å². The van der Waals surface area contributed by atoms with E-state index in [-0.39, 0.29) is 17.0 Å². The Bertz CT molecular complexity index is 887. The number of amides is 2. The molecule has 0 heterocycles. The Kier molecular flexibility index (Phi) is 7.76. The van der Waals surface area contributed by atoms with Gasteiger partial charge in [-0.15, -0.1) is 0 Å². The molecule has 3 N–H and O–H groups in total. The Morgan fingerprint density at radius 3 is 2.36 bits per heavy atom. The highest BCUT2D eigenvalue weighted by Crippen LogP contribution is 2.12. The summed E-state index contributed by atoms with van der Waals surface area (Å²) in [6, 6.07) is 12.7. The molecule has 2 rings (SSSR count). The van der Waals surface area contributed by atoms with Gasteiger partial charge in [-0.2, -0.15) is 11.8 Å². The number of thioether (sulfide) groups is 1. The maximum absolute atomic E-state index is 14.0. The van der Waals surface area contributed by atoms with E-state index in [0.29, 0.717) is 5.56 Å². The van der Waals surface area contributed by atoms with Crippen molar-refractivity contribution in [2.24, 2.45) is 0 Å². The fourth-order valence-corrected chi connectivity index (χ4v) is 2.83. The molecule has 0 fully saturated rings. The third-order valence-corrected chi connectivity index (χ3v) is 4.34. The molecule has 1 atom stereocenters. The lowest BCUT2D eigenvalue weighted by molar-refractivity contribution is -0.140. The number of benzene rings is 2. The molecule has 0 saturated carbocycles. The van der Waals surface area contributed by atoms with Crippen molar-refractivity contribution in [2.75, 3.05) is 12.0 Å². The zero-order chi connectivity index (χ0) is 20.5. The maximum atomic E-state index is 14.0. The van der Waals surface area contributed by atoms with Gasteiger partial charge in [0, 0.05) is 16.9 Å². The van der Waals surface area contributed by atoms with Crippen LogP contribution in [0.1, 0.15) is 15.9 Å². The van der Waals surface area contributed by atoms with Crippen LogP contribution in [0, 0.1) is 5.82 Å². The molecule has 0 unspecified atom stereocenters. The molecule has 2 aromatic carbocycles. The molecule has 2 aromatic rings. The van der Waals surface area contributed by atoms with Gasteiger partial charge in [0.1, 0.15) is 17.6 Å². The van der Waals surface area contributed by atoms with Gasteiger partial charge in [0.05, 0.1) is 0 Å². The van der Waals surface area contributed by atoms with Crippen molar-refractivity contribution in [2.45, 2.75) is 6.04 Å². The fraction of sp³-hybridized carbons (Fsp3) is 0.150. The van der Waals surface area contributed by atoms with Crippen LogP contribution in [-0.4, -0.2) is 40.9 Å². The third-order valence-electron chi connectivity index (χ3n) is 3.67. The van der Waals surface area contributed by atoms with Crippen LogP contribution < -0.4 is 10.6 Å².